The van der Waals surface area contributed by atoms with Crippen molar-refractivity contribution >= 4 is 42.2 Å². The predicted molar refractivity (Wildman–Crippen MR) is 141 cm³/mol. The maximum atomic E-state index is 13.4. The normalized spacial score (nSPS) is 11.2. The Morgan fingerprint density at radius 3 is 1.35 bits per heavy atom. The first-order valence-corrected chi connectivity index (χ1v) is 14.7. The van der Waals surface area contributed by atoms with Crippen LogP contribution in [0.2, 0.25) is 0 Å². The van der Waals surface area contributed by atoms with Crippen molar-refractivity contribution in [2.24, 2.45) is 0 Å². The van der Waals surface area contributed by atoms with Gasteiger partial charge in [0.2, 0.25) is 0 Å². The molecule has 0 amide bonds. The van der Waals surface area contributed by atoms with Crippen LogP contribution in [0.3, 0.4) is 0 Å². The molecule has 0 aromatic heterocycles. The summed E-state index contributed by atoms with van der Waals surface area (Å²) in [7, 11) is 1.39. The van der Waals surface area contributed by atoms with E-state index >= 15 is 0 Å². The molecule has 34 heavy (non-hydrogen) atoms. The summed E-state index contributed by atoms with van der Waals surface area (Å²) >= 11 is -3.60. The summed E-state index contributed by atoms with van der Waals surface area (Å²) in [6.45, 7) is 0. The van der Waals surface area contributed by atoms with Crippen LogP contribution < -0.4 is 13.1 Å². The summed E-state index contributed by atoms with van der Waals surface area (Å²) in [5, 5.41) is 0. The van der Waals surface area contributed by atoms with Crippen LogP contribution in [0.25, 0.3) is 0 Å². The van der Waals surface area contributed by atoms with E-state index in [4.69, 9.17) is 4.74 Å². The summed E-state index contributed by atoms with van der Waals surface area (Å²) < 4.78 is 9.04. The quantitative estimate of drug-likeness (QED) is 0.166. The average Bonchev–Trinajstić information content (AvgIpc) is 2.92. The third-order valence-corrected chi connectivity index (χ3v) is 14.6. The number of methoxy groups -OCH3 is 1. The van der Waals surface area contributed by atoms with Crippen LogP contribution in [-0.2, 0) is 9.53 Å². The molecule has 168 valence electrons. The number of ether oxygens (including phenoxy) is 1. The second-order valence-electron chi connectivity index (χ2n) is 7.62. The summed E-state index contributed by atoms with van der Waals surface area (Å²) in [5.41, 5.74) is 0.568. The molecule has 4 heteroatoms. The summed E-state index contributed by atoms with van der Waals surface area (Å²) in [6, 6.07) is 39.3. The van der Waals surface area contributed by atoms with E-state index in [1.165, 1.54) is 13.2 Å². The van der Waals surface area contributed by atoms with Crippen LogP contribution in [0.1, 0.15) is 10.4 Å². The van der Waals surface area contributed by atoms with Crippen LogP contribution in [0.15, 0.2) is 133 Å². The predicted octanol–water partition coefficient (Wildman–Crippen LogP) is 3.52. The van der Waals surface area contributed by atoms with Gasteiger partial charge in [0.1, 0.15) is 0 Å². The molecule has 0 N–H and O–H groups in total. The van der Waals surface area contributed by atoms with Gasteiger partial charge < -0.3 is 0 Å². The maximum absolute atomic E-state index is 13.4. The van der Waals surface area contributed by atoms with Gasteiger partial charge in [-0.1, -0.05) is 0 Å². The molecule has 0 aliphatic carbocycles. The number of hydrogen-bond donors (Lipinski definition) is 0. The number of carbonyl (C=O) groups excluding carboxylic acids is 2. The summed E-state index contributed by atoms with van der Waals surface area (Å²) in [5.74, 6) is -0.592. The van der Waals surface area contributed by atoms with E-state index < -0.39 is 19.1 Å². The fourth-order valence-electron chi connectivity index (χ4n) is 4.09. The molecule has 0 heterocycles. The molecule has 0 aliphatic heterocycles. The summed E-state index contributed by atoms with van der Waals surface area (Å²) in [6.07, 6.45) is 3.17. The molecule has 0 spiro atoms. The zero-order chi connectivity index (χ0) is 23.8. The van der Waals surface area contributed by atoms with Crippen LogP contribution in [0.4, 0.5) is 0 Å². The Hall–Kier alpha value is -3.81. The third-order valence-electron chi connectivity index (χ3n) is 5.64. The first-order chi connectivity index (χ1) is 16.7. The minimum atomic E-state index is -3.60. The van der Waals surface area contributed by atoms with Gasteiger partial charge in [-0.2, -0.15) is 0 Å². The zero-order valence-electron chi connectivity index (χ0n) is 18.9. The van der Waals surface area contributed by atoms with E-state index in [2.05, 4.69) is 36.4 Å². The fourth-order valence-corrected chi connectivity index (χ4v) is 13.0. The molecule has 0 atom stereocenters. The second-order valence-corrected chi connectivity index (χ2v) is 14.7. The van der Waals surface area contributed by atoms with Gasteiger partial charge in [0.25, 0.3) is 0 Å². The van der Waals surface area contributed by atoms with Crippen molar-refractivity contribution in [3.8, 4) is 0 Å². The van der Waals surface area contributed by atoms with Gasteiger partial charge in [-0.3, -0.25) is 0 Å². The Morgan fingerprint density at radius 1 is 0.588 bits per heavy atom. The van der Waals surface area contributed by atoms with Crippen molar-refractivity contribution in [2.45, 2.75) is 0 Å². The molecule has 3 nitrogen and oxygen atoms in total. The molecule has 0 radical (unpaired) electrons. The minimum absolute atomic E-state index is 0.162. The number of ketones is 1. The fraction of sp³-hybridized carbons (Fsp3) is 0.0333. The Kier molecular flexibility index (Phi) is 7.47. The SMILES string of the molecule is COC(=O)C(/C=C/C(=O)c1ccccc1)=[As](c1ccccc1)(c1ccccc1)c1ccccc1. The first kappa shape index (κ1) is 23.4. The molecule has 0 aliphatic rings. The number of rotatable bonds is 7. The van der Waals surface area contributed by atoms with Gasteiger partial charge in [0.15, 0.2) is 0 Å². The van der Waals surface area contributed by atoms with Crippen molar-refractivity contribution in [3.63, 3.8) is 0 Å². The van der Waals surface area contributed by atoms with Gasteiger partial charge >= 0.3 is 203 Å². The molecule has 4 rings (SSSR count). The Labute approximate surface area is 202 Å². The average molecular weight is 508 g/mol. The van der Waals surface area contributed by atoms with E-state index in [0.717, 1.165) is 13.1 Å². The molecule has 0 saturated heterocycles. The van der Waals surface area contributed by atoms with Crippen molar-refractivity contribution < 1.29 is 14.3 Å². The molecule has 0 saturated carbocycles. The van der Waals surface area contributed by atoms with Crippen molar-refractivity contribution in [1.29, 1.82) is 0 Å². The monoisotopic (exact) mass is 508 g/mol. The molecule has 0 fully saturated rings. The van der Waals surface area contributed by atoms with Gasteiger partial charge in [-0.15, -0.1) is 0 Å². The number of carbonyl (C=O) groups is 2. The van der Waals surface area contributed by atoms with Crippen LogP contribution in [0, 0.1) is 0 Å². The van der Waals surface area contributed by atoms with E-state index in [-0.39, 0.29) is 5.78 Å². The number of hydrogen-bond acceptors (Lipinski definition) is 3. The van der Waals surface area contributed by atoms with Crippen LogP contribution in [0.5, 0.6) is 0 Å². The Balaban J connectivity index is 2.12. The standard InChI is InChI=1S/C30H25AsO3/c1-34-30(33)28(22-23-29(32)24-14-6-2-7-15-24)31(25-16-8-3-9-17-25,26-18-10-4-11-19-26)27-20-12-5-13-21-27/h2-23H,1H3/b23-22+. The van der Waals surface area contributed by atoms with E-state index in [1.54, 1.807) is 18.2 Å². The Bertz CT molecular complexity index is 1240. The molecule has 4 aromatic rings. The molecular formula is C30H25AsO3. The van der Waals surface area contributed by atoms with E-state index in [9.17, 15) is 9.59 Å². The van der Waals surface area contributed by atoms with Crippen LogP contribution in [-0.4, -0.2) is 36.3 Å². The van der Waals surface area contributed by atoms with Crippen molar-refractivity contribution in [1.82, 2.24) is 0 Å². The van der Waals surface area contributed by atoms with E-state index in [1.807, 2.05) is 72.8 Å². The van der Waals surface area contributed by atoms with Gasteiger partial charge in [0, 0.05) is 0 Å². The molecular weight excluding hydrogens is 483 g/mol. The van der Waals surface area contributed by atoms with Gasteiger partial charge in [-0.05, 0) is 0 Å². The molecule has 0 bridgehead atoms. The zero-order valence-corrected chi connectivity index (χ0v) is 20.8. The number of allylic oxidation sites excluding steroid dienone is 1. The molecule has 4 aromatic carbocycles. The number of benzene rings is 4. The first-order valence-electron chi connectivity index (χ1n) is 11.0. The topological polar surface area (TPSA) is 43.4 Å². The Morgan fingerprint density at radius 2 is 0.971 bits per heavy atom. The number of esters is 1. The van der Waals surface area contributed by atoms with Crippen molar-refractivity contribution in [2.75, 3.05) is 7.11 Å². The van der Waals surface area contributed by atoms with E-state index in [0.29, 0.717) is 9.87 Å². The summed E-state index contributed by atoms with van der Waals surface area (Å²) in [4.78, 5) is 26.4. The van der Waals surface area contributed by atoms with Crippen molar-refractivity contribution in [3.05, 3.63) is 139 Å². The van der Waals surface area contributed by atoms with Crippen LogP contribution >= 0.6 is 0 Å². The third kappa shape index (κ3) is 4.62. The van der Waals surface area contributed by atoms with Gasteiger partial charge in [0.05, 0.1) is 0 Å². The molecule has 0 unspecified atom stereocenters. The van der Waals surface area contributed by atoms with Gasteiger partial charge in [-0.25, -0.2) is 0 Å². The second kappa shape index (κ2) is 10.9.